The summed E-state index contributed by atoms with van der Waals surface area (Å²) in [6.07, 6.45) is 1.70. The van der Waals surface area contributed by atoms with Crippen molar-refractivity contribution in [3.05, 3.63) is 18.5 Å². The lowest BCUT2D eigenvalue weighted by Crippen LogP contribution is -2.23. The van der Waals surface area contributed by atoms with Crippen LogP contribution in [0.5, 0.6) is 0 Å². The summed E-state index contributed by atoms with van der Waals surface area (Å²) in [5.74, 6) is 0.404. The van der Waals surface area contributed by atoms with Gasteiger partial charge in [0.1, 0.15) is 4.99 Å². The minimum Gasteiger partial charge on any atom is -0.370 e. The maximum atomic E-state index is 4.90. The fourth-order valence-electron chi connectivity index (χ4n) is 0.502. The highest BCUT2D eigenvalue weighted by molar-refractivity contribution is 7.80. The van der Waals surface area contributed by atoms with Crippen LogP contribution in [0.3, 0.4) is 0 Å². The molecular weight excluding hydrogens is 162 g/mol. The van der Waals surface area contributed by atoms with Crippen LogP contribution < -0.4 is 5.32 Å². The molecule has 1 aromatic rings. The first-order valence-electron chi connectivity index (χ1n) is 2.97. The van der Waals surface area contributed by atoms with E-state index in [1.54, 1.807) is 6.08 Å². The molecule has 58 valence electrons. The topological polar surface area (TPSA) is 66.5 Å². The van der Waals surface area contributed by atoms with Gasteiger partial charge in [-0.1, -0.05) is 18.3 Å². The van der Waals surface area contributed by atoms with Gasteiger partial charge in [0, 0.05) is 6.54 Å². The number of hydrogen-bond acceptors (Lipinski definition) is 4. The number of aromatic amines is 1. The van der Waals surface area contributed by atoms with Crippen molar-refractivity contribution in [1.29, 1.82) is 0 Å². The van der Waals surface area contributed by atoms with Crippen LogP contribution in [0.15, 0.2) is 12.7 Å². The maximum Gasteiger partial charge on any atom is 0.231 e. The third-order valence-corrected chi connectivity index (χ3v) is 1.28. The number of nitrogens with zero attached hydrogens (tertiary/aromatic N) is 3. The highest BCUT2D eigenvalue weighted by Crippen LogP contribution is 1.84. The van der Waals surface area contributed by atoms with Gasteiger partial charge in [0.15, 0.2) is 0 Å². The summed E-state index contributed by atoms with van der Waals surface area (Å²) in [5, 5.41) is 15.9. The van der Waals surface area contributed by atoms with E-state index in [0.29, 0.717) is 17.4 Å². The zero-order valence-corrected chi connectivity index (χ0v) is 6.56. The van der Waals surface area contributed by atoms with Crippen molar-refractivity contribution in [2.24, 2.45) is 0 Å². The first-order chi connectivity index (χ1) is 5.34. The molecule has 11 heavy (non-hydrogen) atoms. The monoisotopic (exact) mass is 169 g/mol. The molecule has 1 heterocycles. The molecule has 1 rings (SSSR count). The molecule has 0 fully saturated rings. The molecule has 0 aromatic carbocycles. The standard InChI is InChI=1S/C5H7N5S/c1-2-3-6-5(11)4-7-9-10-8-4/h2H,1,3H2,(H,6,11)(H,7,8,9,10). The van der Waals surface area contributed by atoms with Crippen LogP contribution in [-0.4, -0.2) is 32.2 Å². The SMILES string of the molecule is C=CCNC(=S)c1nn[nH]n1. The van der Waals surface area contributed by atoms with Crippen molar-refractivity contribution in [2.45, 2.75) is 0 Å². The van der Waals surface area contributed by atoms with E-state index in [2.05, 4.69) is 32.5 Å². The summed E-state index contributed by atoms with van der Waals surface area (Å²) in [4.78, 5) is 0.471. The molecule has 0 saturated heterocycles. The lowest BCUT2D eigenvalue weighted by Gasteiger charge is -1.97. The van der Waals surface area contributed by atoms with E-state index in [1.165, 1.54) is 0 Å². The minimum atomic E-state index is 0.404. The van der Waals surface area contributed by atoms with Gasteiger partial charge < -0.3 is 5.32 Å². The van der Waals surface area contributed by atoms with Crippen molar-refractivity contribution in [3.63, 3.8) is 0 Å². The van der Waals surface area contributed by atoms with E-state index in [4.69, 9.17) is 12.2 Å². The number of tetrazole rings is 1. The molecule has 0 aliphatic heterocycles. The molecule has 0 atom stereocenters. The summed E-state index contributed by atoms with van der Waals surface area (Å²) < 4.78 is 0. The van der Waals surface area contributed by atoms with E-state index in [9.17, 15) is 0 Å². The van der Waals surface area contributed by atoms with Gasteiger partial charge >= 0.3 is 0 Å². The molecule has 0 spiro atoms. The largest absolute Gasteiger partial charge is 0.370 e. The van der Waals surface area contributed by atoms with Gasteiger partial charge in [-0.3, -0.25) is 0 Å². The normalized spacial score (nSPS) is 9.09. The van der Waals surface area contributed by atoms with Gasteiger partial charge in [0.25, 0.3) is 0 Å². The molecule has 0 bridgehead atoms. The number of thiocarbonyl (C=S) groups is 1. The fourth-order valence-corrected chi connectivity index (χ4v) is 0.672. The average Bonchev–Trinajstić information content (AvgIpc) is 2.52. The summed E-state index contributed by atoms with van der Waals surface area (Å²) >= 11 is 4.90. The Hall–Kier alpha value is -1.30. The van der Waals surface area contributed by atoms with Crippen LogP contribution in [0.4, 0.5) is 0 Å². The molecule has 0 radical (unpaired) electrons. The molecule has 6 heteroatoms. The third-order valence-electron chi connectivity index (χ3n) is 0.955. The molecule has 0 unspecified atom stereocenters. The zero-order chi connectivity index (χ0) is 8.10. The lowest BCUT2D eigenvalue weighted by atomic mass is 10.5. The van der Waals surface area contributed by atoms with Crippen molar-refractivity contribution in [2.75, 3.05) is 6.54 Å². The Kier molecular flexibility index (Phi) is 2.67. The Bertz CT molecular complexity index is 241. The first kappa shape index (κ1) is 7.80. The molecule has 5 nitrogen and oxygen atoms in total. The van der Waals surface area contributed by atoms with Crippen LogP contribution in [0.25, 0.3) is 0 Å². The van der Waals surface area contributed by atoms with Crippen molar-refractivity contribution >= 4 is 17.2 Å². The number of rotatable bonds is 3. The molecule has 1 aromatic heterocycles. The Balaban J connectivity index is 2.49. The molecule has 0 amide bonds. The summed E-state index contributed by atoms with van der Waals surface area (Å²) in [5.41, 5.74) is 0. The van der Waals surface area contributed by atoms with E-state index in [-0.39, 0.29) is 0 Å². The minimum absolute atomic E-state index is 0.404. The fraction of sp³-hybridized carbons (Fsp3) is 0.200. The van der Waals surface area contributed by atoms with Gasteiger partial charge in [-0.15, -0.1) is 16.8 Å². The third kappa shape index (κ3) is 2.08. The number of nitrogens with one attached hydrogen (secondary N) is 2. The number of aromatic nitrogens is 4. The van der Waals surface area contributed by atoms with Gasteiger partial charge in [-0.2, -0.15) is 5.21 Å². The maximum absolute atomic E-state index is 4.90. The smallest absolute Gasteiger partial charge is 0.231 e. The quantitative estimate of drug-likeness (QED) is 0.478. The zero-order valence-electron chi connectivity index (χ0n) is 5.74. The summed E-state index contributed by atoms with van der Waals surface area (Å²) in [6.45, 7) is 4.13. The predicted molar refractivity (Wildman–Crippen MR) is 44.1 cm³/mol. The van der Waals surface area contributed by atoms with E-state index in [0.717, 1.165) is 0 Å². The van der Waals surface area contributed by atoms with Gasteiger partial charge in [0.2, 0.25) is 5.82 Å². The van der Waals surface area contributed by atoms with Crippen LogP contribution in [0.1, 0.15) is 5.82 Å². The van der Waals surface area contributed by atoms with Gasteiger partial charge in [-0.05, 0) is 5.21 Å². The Morgan fingerprint density at radius 3 is 3.18 bits per heavy atom. The van der Waals surface area contributed by atoms with Crippen molar-refractivity contribution in [1.82, 2.24) is 25.9 Å². The molecule has 0 aliphatic carbocycles. The molecule has 0 aliphatic rings. The molecular formula is C5H7N5S. The predicted octanol–water partition coefficient (Wildman–Crippen LogP) is -0.349. The van der Waals surface area contributed by atoms with E-state index in [1.807, 2.05) is 0 Å². The first-order valence-corrected chi connectivity index (χ1v) is 3.38. The Morgan fingerprint density at radius 2 is 2.64 bits per heavy atom. The van der Waals surface area contributed by atoms with Crippen LogP contribution in [-0.2, 0) is 0 Å². The second-order valence-electron chi connectivity index (χ2n) is 1.73. The molecule has 0 saturated carbocycles. The second-order valence-corrected chi connectivity index (χ2v) is 2.14. The highest BCUT2D eigenvalue weighted by atomic mass is 32.1. The number of hydrogen-bond donors (Lipinski definition) is 2. The van der Waals surface area contributed by atoms with Crippen molar-refractivity contribution in [3.8, 4) is 0 Å². The summed E-state index contributed by atoms with van der Waals surface area (Å²) in [6, 6.07) is 0. The van der Waals surface area contributed by atoms with Crippen LogP contribution >= 0.6 is 12.2 Å². The van der Waals surface area contributed by atoms with E-state index < -0.39 is 0 Å². The van der Waals surface area contributed by atoms with Crippen molar-refractivity contribution < 1.29 is 0 Å². The van der Waals surface area contributed by atoms with Crippen LogP contribution in [0, 0.1) is 0 Å². The van der Waals surface area contributed by atoms with Gasteiger partial charge in [-0.25, -0.2) is 0 Å². The average molecular weight is 169 g/mol. The highest BCUT2D eigenvalue weighted by Gasteiger charge is 2.02. The number of H-pyrrole nitrogens is 1. The van der Waals surface area contributed by atoms with Gasteiger partial charge in [0.05, 0.1) is 0 Å². The summed E-state index contributed by atoms with van der Waals surface area (Å²) in [7, 11) is 0. The second kappa shape index (κ2) is 3.77. The lowest BCUT2D eigenvalue weighted by molar-refractivity contribution is 0.881. The molecule has 2 N–H and O–H groups in total. The Labute approximate surface area is 68.9 Å². The van der Waals surface area contributed by atoms with Crippen LogP contribution in [0.2, 0.25) is 0 Å². The van der Waals surface area contributed by atoms with E-state index >= 15 is 0 Å². The Morgan fingerprint density at radius 1 is 1.82 bits per heavy atom.